The Morgan fingerprint density at radius 2 is 1.11 bits per heavy atom. The van der Waals surface area contributed by atoms with Gasteiger partial charge in [0.15, 0.2) is 0 Å². The van der Waals surface area contributed by atoms with Crippen LogP contribution < -0.4 is 22.1 Å². The number of pyridine rings is 2. The van der Waals surface area contributed by atoms with Gasteiger partial charge in [0.05, 0.1) is 61.2 Å². The van der Waals surface area contributed by atoms with Crippen LogP contribution in [0.1, 0.15) is 102 Å². The van der Waals surface area contributed by atoms with Crippen molar-refractivity contribution in [1.29, 1.82) is 0 Å². The first-order chi connectivity index (χ1) is 34.6. The number of aromatic nitrogens is 4. The molecule has 0 saturated carbocycles. The second-order valence-corrected chi connectivity index (χ2v) is 17.9. The second-order valence-electron chi connectivity index (χ2n) is 17.9. The summed E-state index contributed by atoms with van der Waals surface area (Å²) in [6, 6.07) is 28.9. The van der Waals surface area contributed by atoms with Crippen LogP contribution in [0.4, 0.5) is 9.59 Å². The maximum absolute atomic E-state index is 12.7. The molecule has 0 aliphatic carbocycles. The molecule has 1 fully saturated rings. The summed E-state index contributed by atoms with van der Waals surface area (Å²) in [5.74, 6) is -0.747. The third-order valence-electron chi connectivity index (χ3n) is 11.6. The van der Waals surface area contributed by atoms with Gasteiger partial charge in [-0.3, -0.25) is 32.9 Å². The number of nitrogens with one attached hydrogen (secondary N) is 2. The zero-order valence-electron chi connectivity index (χ0n) is 41.3. The molecule has 5 heterocycles. The van der Waals surface area contributed by atoms with Crippen LogP contribution in [0.2, 0.25) is 0 Å². The maximum atomic E-state index is 12.7. The first kappa shape index (κ1) is 58.7. The lowest BCUT2D eigenvalue weighted by Crippen LogP contribution is -2.43. The van der Waals surface area contributed by atoms with Crippen LogP contribution in [-0.2, 0) is 64.6 Å². The third kappa shape index (κ3) is 16.1. The van der Waals surface area contributed by atoms with Crippen molar-refractivity contribution < 1.29 is 47.7 Å². The number of carbonyl (C=O) groups is 6. The summed E-state index contributed by atoms with van der Waals surface area (Å²) < 4.78 is 26.6. The van der Waals surface area contributed by atoms with Gasteiger partial charge in [-0.1, -0.05) is 115 Å². The van der Waals surface area contributed by atoms with Crippen molar-refractivity contribution in [3.05, 3.63) is 144 Å². The van der Waals surface area contributed by atoms with Crippen molar-refractivity contribution in [3.8, 4) is 0 Å². The lowest BCUT2D eigenvalue weighted by atomic mass is 10.2. The topological polar surface area (TPSA) is 257 Å². The van der Waals surface area contributed by atoms with Crippen molar-refractivity contribution in [2.24, 2.45) is 23.3 Å². The molecule has 2 aromatic carbocycles. The largest absolute Gasteiger partial charge is 0.443 e. The first-order valence-corrected chi connectivity index (χ1v) is 23.7. The molecule has 20 nitrogen and oxygen atoms in total. The third-order valence-corrected chi connectivity index (χ3v) is 11.6. The number of hydrogen-bond acceptors (Lipinski definition) is 12. The van der Waals surface area contributed by atoms with E-state index in [1.54, 1.807) is 18.5 Å². The highest BCUT2D eigenvalue weighted by Crippen LogP contribution is 2.23. The zero-order valence-corrected chi connectivity index (χ0v) is 41.3. The molecule has 3 atom stereocenters. The minimum atomic E-state index is -0.682. The van der Waals surface area contributed by atoms with Crippen LogP contribution >= 0.6 is 0 Å². The van der Waals surface area contributed by atoms with Gasteiger partial charge in [0.25, 0.3) is 0 Å². The van der Waals surface area contributed by atoms with Gasteiger partial charge in [0.2, 0.25) is 23.6 Å². The van der Waals surface area contributed by atoms with Crippen LogP contribution in [0.15, 0.2) is 109 Å². The zero-order chi connectivity index (χ0) is 51.7. The van der Waals surface area contributed by atoms with Gasteiger partial charge < -0.3 is 45.9 Å². The van der Waals surface area contributed by atoms with Crippen molar-refractivity contribution in [2.75, 3.05) is 33.4 Å². The predicted octanol–water partition coefficient (Wildman–Crippen LogP) is 6.64. The molecule has 1 saturated heterocycles. The molecule has 0 spiro atoms. The van der Waals surface area contributed by atoms with Crippen molar-refractivity contribution in [1.82, 2.24) is 39.2 Å². The fourth-order valence-corrected chi connectivity index (χ4v) is 7.82. The van der Waals surface area contributed by atoms with Crippen molar-refractivity contribution in [2.45, 2.75) is 99.9 Å². The Morgan fingerprint density at radius 1 is 0.649 bits per heavy atom. The lowest BCUT2D eigenvalue weighted by molar-refractivity contribution is -0.126. The Balaban J connectivity index is 0.000000313. The fourth-order valence-electron chi connectivity index (χ4n) is 7.82. The number of primary amides is 2. The van der Waals surface area contributed by atoms with Gasteiger partial charge >= 0.3 is 12.2 Å². The smallest absolute Gasteiger partial charge is 0.410 e. The number of rotatable bonds is 21. The van der Waals surface area contributed by atoms with Crippen LogP contribution in [0.3, 0.4) is 0 Å². The Kier molecular flexibility index (Phi) is 22.6. The number of benzene rings is 2. The molecule has 4 aromatic heterocycles. The van der Waals surface area contributed by atoms with E-state index in [2.05, 4.69) is 20.6 Å². The van der Waals surface area contributed by atoms with E-state index < -0.39 is 42.1 Å². The summed E-state index contributed by atoms with van der Waals surface area (Å²) in [4.78, 5) is 84.5. The average molecular weight is 1020 g/mol. The molecule has 6 N–H and O–H groups in total. The number of amides is 6. The normalized spacial score (nSPS) is 13.7. The molecule has 1 aliphatic heterocycles. The van der Waals surface area contributed by atoms with Crippen LogP contribution in [0, 0.1) is 11.8 Å². The molecule has 74 heavy (non-hydrogen) atoms. The van der Waals surface area contributed by atoms with E-state index in [9.17, 15) is 28.8 Å². The molecule has 0 bridgehead atoms. The van der Waals surface area contributed by atoms with E-state index in [1.807, 2.05) is 127 Å². The SMILES string of the molecule is C.C.CC(C)C(=O)N[C@H](COCc1ccccc1)c1ncc2cccc(COC(=O)N(C)CC(N)=O)n12.CC(C)C(=O)N[C@H](COCc1ccccc1)c1ncc2cccc(COC(=O)N3CCC[C@@H]3C(N)=O)n12. The van der Waals surface area contributed by atoms with Gasteiger partial charge in [0.1, 0.15) is 49.5 Å². The van der Waals surface area contributed by atoms with Gasteiger partial charge in [0, 0.05) is 25.4 Å². The molecule has 0 unspecified atom stereocenters. The summed E-state index contributed by atoms with van der Waals surface area (Å²) in [6.07, 6.45) is 3.35. The molecule has 398 valence electrons. The minimum absolute atomic E-state index is 0. The molecule has 1 aliphatic rings. The van der Waals surface area contributed by atoms with Gasteiger partial charge in [-0.2, -0.15) is 0 Å². The monoisotopic (exact) mass is 1020 g/mol. The van der Waals surface area contributed by atoms with Gasteiger partial charge in [-0.25, -0.2) is 19.6 Å². The fraction of sp³-hybridized carbons (Fsp3) is 0.407. The van der Waals surface area contributed by atoms with Crippen molar-refractivity contribution >= 4 is 46.8 Å². The Labute approximate surface area is 432 Å². The number of imidazole rings is 2. The summed E-state index contributed by atoms with van der Waals surface area (Å²) in [6.45, 7) is 8.51. The van der Waals surface area contributed by atoms with Gasteiger partial charge in [-0.05, 0) is 48.2 Å². The number of nitrogens with two attached hydrogens (primary N) is 2. The summed E-state index contributed by atoms with van der Waals surface area (Å²) in [5, 5.41) is 6.05. The number of likely N-dealkylation sites (tertiary alicyclic amines) is 1. The van der Waals surface area contributed by atoms with Gasteiger partial charge in [-0.15, -0.1) is 0 Å². The maximum Gasteiger partial charge on any atom is 0.410 e. The predicted molar refractivity (Wildman–Crippen MR) is 279 cm³/mol. The molecule has 20 heteroatoms. The number of nitrogens with zero attached hydrogens (tertiary/aromatic N) is 6. The number of carbonyl (C=O) groups excluding carboxylic acids is 6. The summed E-state index contributed by atoms with van der Waals surface area (Å²) in [5.41, 5.74) is 15.5. The minimum Gasteiger partial charge on any atom is -0.443 e. The lowest BCUT2D eigenvalue weighted by Gasteiger charge is -2.22. The Morgan fingerprint density at radius 3 is 1.54 bits per heavy atom. The Bertz CT molecular complexity index is 2780. The molecule has 6 amide bonds. The van der Waals surface area contributed by atoms with E-state index in [0.29, 0.717) is 55.6 Å². The van der Waals surface area contributed by atoms with E-state index in [-0.39, 0.29) is 71.5 Å². The van der Waals surface area contributed by atoms with Crippen molar-refractivity contribution in [3.63, 3.8) is 0 Å². The quantitative estimate of drug-likeness (QED) is 0.0592. The van der Waals surface area contributed by atoms with Crippen LogP contribution in [-0.4, -0.2) is 104 Å². The second kappa shape index (κ2) is 28.4. The van der Waals surface area contributed by atoms with E-state index in [0.717, 1.165) is 27.1 Å². The molecule has 6 aromatic rings. The van der Waals surface area contributed by atoms with E-state index in [1.165, 1.54) is 11.9 Å². The highest BCUT2D eigenvalue weighted by atomic mass is 16.6. The molecule has 7 rings (SSSR count). The number of hydrogen-bond donors (Lipinski definition) is 4. The molecule has 0 radical (unpaired) electrons. The summed E-state index contributed by atoms with van der Waals surface area (Å²) >= 11 is 0. The number of likely N-dealkylation sites (N-methyl/N-ethyl adjacent to an activating group) is 1. The van der Waals surface area contributed by atoms with Crippen LogP contribution in [0.25, 0.3) is 11.0 Å². The number of fused-ring (bicyclic) bond motifs is 2. The highest BCUT2D eigenvalue weighted by molar-refractivity contribution is 5.85. The Hall–Kier alpha value is -7.84. The first-order valence-electron chi connectivity index (χ1n) is 23.7. The van der Waals surface area contributed by atoms with Crippen LogP contribution in [0.5, 0.6) is 0 Å². The average Bonchev–Trinajstić information content (AvgIpc) is 4.15. The van der Waals surface area contributed by atoms with E-state index >= 15 is 0 Å². The number of ether oxygens (including phenoxy) is 4. The highest BCUT2D eigenvalue weighted by Gasteiger charge is 2.34. The van der Waals surface area contributed by atoms with E-state index in [4.69, 9.17) is 30.4 Å². The standard InChI is InChI=1S/C27H33N5O5.C25H31N5O5.2CH4/c1-18(2)26(34)30-22(17-36-15-19-8-4-3-5-9-19)25-29-14-20-10-6-11-21(32(20)25)16-37-27(35)31-13-7-12-23(31)24(28)33;1-17(2)24(32)28-21(16-34-14-18-8-5-4-6-9-18)23-27-12-19-10-7-11-20(30(19)23)15-35-25(33)29(3)13-22(26)31;;/h3-6,8-11,14,18,22-23H,7,12-13,15-17H2,1-2H3,(H2,28,33)(H,30,34);4-12,17,21H,13-16H2,1-3H3,(H2,26,31)(H,28,32);2*1H4/t22-,23-;21-;;/m11../s1. The molecular weight excluding hydrogens is 949 g/mol. The molecular formula is C54H72N10O10. The summed E-state index contributed by atoms with van der Waals surface area (Å²) in [7, 11) is 1.43.